The third-order valence-corrected chi connectivity index (χ3v) is 2.35. The number of primary sulfonamides is 1. The van der Waals surface area contributed by atoms with Gasteiger partial charge in [0, 0.05) is 0 Å². The normalized spacial score (nSPS) is 11.6. The van der Waals surface area contributed by atoms with Crippen LogP contribution in [0.1, 0.15) is 40.5 Å². The summed E-state index contributed by atoms with van der Waals surface area (Å²) in [5.41, 5.74) is 0. The maximum atomic E-state index is 9.78. The molecule has 0 aliphatic heterocycles. The van der Waals surface area contributed by atoms with Crippen molar-refractivity contribution in [3.63, 3.8) is 0 Å². The lowest BCUT2D eigenvalue weighted by Crippen LogP contribution is -2.13. The Labute approximate surface area is 88.4 Å². The Morgan fingerprint density at radius 1 is 1.36 bits per heavy atom. The van der Waals surface area contributed by atoms with Crippen molar-refractivity contribution < 1.29 is 8.42 Å². The van der Waals surface area contributed by atoms with Crippen molar-refractivity contribution >= 4 is 10.0 Å². The van der Waals surface area contributed by atoms with Gasteiger partial charge in [0.2, 0.25) is 10.0 Å². The average Bonchev–Trinajstić information content (AvgIpc) is 2.04. The van der Waals surface area contributed by atoms with Gasteiger partial charge in [0.25, 0.3) is 0 Å². The molecule has 14 heavy (non-hydrogen) atoms. The number of allylic oxidation sites excluding steroid dienone is 2. The van der Waals surface area contributed by atoms with E-state index in [-0.39, 0.29) is 5.75 Å². The van der Waals surface area contributed by atoms with Crippen molar-refractivity contribution in [3.8, 4) is 0 Å². The predicted octanol–water partition coefficient (Wildman–Crippen LogP) is 2.29. The lowest BCUT2D eigenvalue weighted by Gasteiger charge is -1.97. The quantitative estimate of drug-likeness (QED) is 0.740. The lowest BCUT2D eigenvalue weighted by molar-refractivity contribution is 0.594. The molecule has 0 saturated carbocycles. The minimum Gasteiger partial charge on any atom is -0.229 e. The van der Waals surface area contributed by atoms with Gasteiger partial charge in [-0.2, -0.15) is 0 Å². The summed E-state index contributed by atoms with van der Waals surface area (Å²) in [5, 5.41) is 4.51. The van der Waals surface area contributed by atoms with Crippen LogP contribution in [0.25, 0.3) is 0 Å². The first-order valence-electron chi connectivity index (χ1n) is 4.95. The fourth-order valence-corrected chi connectivity index (χ4v) is 0.596. The summed E-state index contributed by atoms with van der Waals surface area (Å²) in [6.07, 6.45) is 6.90. The van der Waals surface area contributed by atoms with Crippen LogP contribution in [-0.2, 0) is 10.0 Å². The van der Waals surface area contributed by atoms with Gasteiger partial charge in [-0.1, -0.05) is 26.0 Å². The van der Waals surface area contributed by atoms with E-state index in [0.29, 0.717) is 0 Å². The molecule has 3 nitrogen and oxygen atoms in total. The highest BCUT2D eigenvalue weighted by molar-refractivity contribution is 7.89. The van der Waals surface area contributed by atoms with Crippen LogP contribution in [0.4, 0.5) is 0 Å². The first kappa shape index (κ1) is 16.1. The molecule has 0 atom stereocenters. The van der Waals surface area contributed by atoms with Crippen molar-refractivity contribution in [2.75, 3.05) is 5.75 Å². The molecule has 4 heteroatoms. The van der Waals surface area contributed by atoms with Crippen LogP contribution in [0.3, 0.4) is 0 Å². The van der Waals surface area contributed by atoms with Crippen LogP contribution in [0.5, 0.6) is 0 Å². The van der Waals surface area contributed by atoms with Gasteiger partial charge in [0.1, 0.15) is 0 Å². The summed E-state index contributed by atoms with van der Waals surface area (Å²) >= 11 is 0. The van der Waals surface area contributed by atoms with Gasteiger partial charge in [0.15, 0.2) is 0 Å². The summed E-state index contributed by atoms with van der Waals surface area (Å²) in [6, 6.07) is 0. The largest absolute Gasteiger partial charge is 0.229 e. The third-order valence-electron chi connectivity index (χ3n) is 1.55. The monoisotopic (exact) mass is 221 g/mol. The zero-order chi connectivity index (χ0) is 11.6. The first-order chi connectivity index (χ1) is 6.33. The second-order valence-electron chi connectivity index (χ2n) is 3.49. The predicted molar refractivity (Wildman–Crippen MR) is 62.5 cm³/mol. The van der Waals surface area contributed by atoms with Crippen LogP contribution in [0.2, 0.25) is 0 Å². The van der Waals surface area contributed by atoms with E-state index in [1.54, 1.807) is 0 Å². The number of hydrogen-bond acceptors (Lipinski definition) is 2. The Balaban J connectivity index is 0. The third kappa shape index (κ3) is 22.6. The maximum Gasteiger partial charge on any atom is 0.208 e. The fraction of sp³-hybridized carbons (Fsp3) is 0.800. The average molecular weight is 221 g/mol. The highest BCUT2D eigenvalue weighted by atomic mass is 32.2. The van der Waals surface area contributed by atoms with Crippen LogP contribution in [-0.4, -0.2) is 14.2 Å². The Kier molecular flexibility index (Phi) is 10.6. The molecule has 0 spiro atoms. The van der Waals surface area contributed by atoms with E-state index in [1.807, 2.05) is 0 Å². The minimum atomic E-state index is -3.16. The smallest absolute Gasteiger partial charge is 0.208 e. The molecule has 0 fully saturated rings. The molecule has 0 aromatic carbocycles. The van der Waals surface area contributed by atoms with Gasteiger partial charge in [-0.05, 0) is 32.6 Å². The van der Waals surface area contributed by atoms with Crippen molar-refractivity contribution in [2.45, 2.75) is 40.5 Å². The number of sulfonamides is 1. The van der Waals surface area contributed by atoms with Crippen LogP contribution >= 0.6 is 0 Å². The number of nitrogens with two attached hydrogens (primary N) is 1. The van der Waals surface area contributed by atoms with E-state index in [0.717, 1.165) is 5.92 Å². The minimum absolute atomic E-state index is 0.0208. The molecule has 2 N–H and O–H groups in total. The van der Waals surface area contributed by atoms with E-state index < -0.39 is 10.0 Å². The first-order valence-corrected chi connectivity index (χ1v) is 6.66. The molecule has 0 unspecified atom stereocenters. The second kappa shape index (κ2) is 9.21. The van der Waals surface area contributed by atoms with Gasteiger partial charge in [-0.15, -0.1) is 0 Å². The Hall–Kier alpha value is -0.350. The number of hydrogen-bond donors (Lipinski definition) is 1. The van der Waals surface area contributed by atoms with Crippen LogP contribution < -0.4 is 5.14 Å². The molecule has 86 valence electrons. The van der Waals surface area contributed by atoms with Crippen molar-refractivity contribution in [1.29, 1.82) is 0 Å². The molecular weight excluding hydrogens is 198 g/mol. The van der Waals surface area contributed by atoms with Crippen LogP contribution in [0, 0.1) is 5.92 Å². The Morgan fingerprint density at radius 3 is 2.00 bits per heavy atom. The van der Waals surface area contributed by atoms with E-state index in [4.69, 9.17) is 0 Å². The second-order valence-corrected chi connectivity index (χ2v) is 5.39. The summed E-state index contributed by atoms with van der Waals surface area (Å²) in [5.74, 6) is 0.874. The molecular formula is C10H23NO2S. The molecule has 0 bridgehead atoms. The van der Waals surface area contributed by atoms with E-state index >= 15 is 0 Å². The summed E-state index contributed by atoms with van der Waals surface area (Å²) in [4.78, 5) is 0. The Morgan fingerprint density at radius 2 is 1.79 bits per heavy atom. The summed E-state index contributed by atoms with van der Waals surface area (Å²) < 4.78 is 19.6. The molecule has 0 amide bonds. The van der Waals surface area contributed by atoms with Crippen molar-refractivity contribution in [3.05, 3.63) is 12.2 Å². The van der Waals surface area contributed by atoms with Gasteiger partial charge in [0.05, 0.1) is 5.75 Å². The standard InChI is InChI=1S/C8H16.C2H7NO2S/c1-4-5-6-7-8(2)3;1-2-6(3,4)5/h4-5,8H,6-7H2,1-3H3;2H2,1H3,(H2,3,4,5). The van der Waals surface area contributed by atoms with Crippen molar-refractivity contribution in [1.82, 2.24) is 0 Å². The topological polar surface area (TPSA) is 60.2 Å². The van der Waals surface area contributed by atoms with Gasteiger partial charge >= 0.3 is 0 Å². The summed E-state index contributed by atoms with van der Waals surface area (Å²) in [6.45, 7) is 8.07. The zero-order valence-electron chi connectivity index (χ0n) is 9.66. The molecule has 0 heterocycles. The highest BCUT2D eigenvalue weighted by Crippen LogP contribution is 2.02. The molecule has 0 rings (SSSR count). The molecule has 0 radical (unpaired) electrons. The summed E-state index contributed by atoms with van der Waals surface area (Å²) in [7, 11) is -3.16. The van der Waals surface area contributed by atoms with Crippen molar-refractivity contribution in [2.24, 2.45) is 11.1 Å². The number of rotatable bonds is 4. The molecule has 0 aliphatic carbocycles. The SMILES string of the molecule is CC=CCCC(C)C.CCS(N)(=O)=O. The van der Waals surface area contributed by atoms with Gasteiger partial charge < -0.3 is 0 Å². The highest BCUT2D eigenvalue weighted by Gasteiger charge is 1.91. The van der Waals surface area contributed by atoms with E-state index in [1.165, 1.54) is 19.8 Å². The molecule has 0 aliphatic rings. The van der Waals surface area contributed by atoms with E-state index in [2.05, 4.69) is 38.1 Å². The molecule has 0 aromatic heterocycles. The van der Waals surface area contributed by atoms with Gasteiger partial charge in [-0.25, -0.2) is 13.6 Å². The zero-order valence-corrected chi connectivity index (χ0v) is 10.5. The fourth-order valence-electron chi connectivity index (χ4n) is 0.596. The maximum absolute atomic E-state index is 9.78. The Bertz CT molecular complexity index is 231. The molecule has 0 saturated heterocycles. The molecule has 0 aromatic rings. The van der Waals surface area contributed by atoms with E-state index in [9.17, 15) is 8.42 Å². The van der Waals surface area contributed by atoms with Crippen LogP contribution in [0.15, 0.2) is 12.2 Å². The lowest BCUT2D eigenvalue weighted by atomic mass is 10.1. The van der Waals surface area contributed by atoms with Gasteiger partial charge in [-0.3, -0.25) is 0 Å².